The minimum Gasteiger partial charge on any atom is -0.345 e. The van der Waals surface area contributed by atoms with Crippen molar-refractivity contribution in [2.75, 3.05) is 0 Å². The first-order chi connectivity index (χ1) is 10.9. The lowest BCUT2D eigenvalue weighted by atomic mass is 10.0. The van der Waals surface area contributed by atoms with Crippen molar-refractivity contribution < 1.29 is 18.5 Å². The molecule has 0 unspecified atom stereocenters. The Morgan fingerprint density at radius 2 is 2.09 bits per heavy atom. The Morgan fingerprint density at radius 3 is 2.78 bits per heavy atom. The molecular formula is C14H6BrF2N3O3. The lowest BCUT2D eigenvalue weighted by Gasteiger charge is -2.04. The SMILES string of the molecule is O=C(c1c(F)ccc([N+](=O)[O-])c1F)c1c[nH]c2ncc(Br)cc12. The van der Waals surface area contributed by atoms with Crippen molar-refractivity contribution in [1.29, 1.82) is 0 Å². The van der Waals surface area contributed by atoms with Crippen LogP contribution in [0.25, 0.3) is 11.0 Å². The molecule has 0 saturated carbocycles. The Bertz CT molecular complexity index is 971. The van der Waals surface area contributed by atoms with Crippen LogP contribution in [0.15, 0.2) is 35.1 Å². The Morgan fingerprint density at radius 1 is 1.35 bits per heavy atom. The number of carbonyl (C=O) groups excluding carboxylic acids is 1. The Balaban J connectivity index is 2.22. The van der Waals surface area contributed by atoms with E-state index in [4.69, 9.17) is 0 Å². The van der Waals surface area contributed by atoms with E-state index in [1.807, 2.05) is 0 Å². The molecule has 3 aromatic rings. The fourth-order valence-electron chi connectivity index (χ4n) is 2.19. The maximum atomic E-state index is 14.2. The summed E-state index contributed by atoms with van der Waals surface area (Å²) in [5, 5.41) is 11.1. The van der Waals surface area contributed by atoms with Gasteiger partial charge in [-0.1, -0.05) is 0 Å². The molecule has 1 N–H and O–H groups in total. The van der Waals surface area contributed by atoms with Crippen molar-refractivity contribution >= 4 is 38.4 Å². The van der Waals surface area contributed by atoms with Gasteiger partial charge in [0, 0.05) is 33.9 Å². The highest BCUT2D eigenvalue weighted by atomic mass is 79.9. The van der Waals surface area contributed by atoms with Gasteiger partial charge in [-0.3, -0.25) is 14.9 Å². The van der Waals surface area contributed by atoms with Gasteiger partial charge in [0.15, 0.2) is 0 Å². The maximum Gasteiger partial charge on any atom is 0.305 e. The molecule has 2 heterocycles. The van der Waals surface area contributed by atoms with E-state index in [9.17, 15) is 23.7 Å². The van der Waals surface area contributed by atoms with Gasteiger partial charge >= 0.3 is 5.69 Å². The van der Waals surface area contributed by atoms with Crippen LogP contribution in [0.2, 0.25) is 0 Å². The molecule has 2 aromatic heterocycles. The molecule has 0 aliphatic heterocycles. The fourth-order valence-corrected chi connectivity index (χ4v) is 2.52. The van der Waals surface area contributed by atoms with Crippen LogP contribution >= 0.6 is 15.9 Å². The third kappa shape index (κ3) is 2.48. The van der Waals surface area contributed by atoms with Crippen molar-refractivity contribution in [2.45, 2.75) is 0 Å². The van der Waals surface area contributed by atoms with Crippen molar-refractivity contribution in [3.8, 4) is 0 Å². The predicted octanol–water partition coefficient (Wildman–Crippen LogP) is 3.74. The number of H-pyrrole nitrogens is 1. The molecule has 0 bridgehead atoms. The molecule has 9 heteroatoms. The van der Waals surface area contributed by atoms with Crippen LogP contribution in [0, 0.1) is 21.7 Å². The van der Waals surface area contributed by atoms with Crippen LogP contribution in [0.1, 0.15) is 15.9 Å². The predicted molar refractivity (Wildman–Crippen MR) is 80.2 cm³/mol. The number of carbonyl (C=O) groups is 1. The molecule has 0 aliphatic carbocycles. The zero-order chi connectivity index (χ0) is 16.7. The fraction of sp³-hybridized carbons (Fsp3) is 0. The Labute approximate surface area is 135 Å². The van der Waals surface area contributed by atoms with Gasteiger partial charge in [-0.15, -0.1) is 0 Å². The van der Waals surface area contributed by atoms with E-state index < -0.39 is 33.6 Å². The lowest BCUT2D eigenvalue weighted by molar-refractivity contribution is -0.387. The molecule has 1 aromatic carbocycles. The summed E-state index contributed by atoms with van der Waals surface area (Å²) in [5.74, 6) is -3.68. The number of nitrogens with zero attached hydrogens (tertiary/aromatic N) is 2. The van der Waals surface area contributed by atoms with Crippen molar-refractivity contribution in [1.82, 2.24) is 9.97 Å². The van der Waals surface area contributed by atoms with Crippen LogP contribution in [-0.4, -0.2) is 20.7 Å². The molecule has 0 amide bonds. The number of pyridine rings is 1. The number of ketones is 1. The Kier molecular flexibility index (Phi) is 3.64. The van der Waals surface area contributed by atoms with Crippen LogP contribution in [0.4, 0.5) is 14.5 Å². The quantitative estimate of drug-likeness (QED) is 0.425. The molecule has 0 saturated heterocycles. The largest absolute Gasteiger partial charge is 0.345 e. The summed E-state index contributed by atoms with van der Waals surface area (Å²) in [6.07, 6.45) is 2.74. The van der Waals surface area contributed by atoms with E-state index in [2.05, 4.69) is 25.9 Å². The Hall–Kier alpha value is -2.68. The van der Waals surface area contributed by atoms with Crippen LogP contribution in [-0.2, 0) is 0 Å². The number of halogens is 3. The van der Waals surface area contributed by atoms with Gasteiger partial charge < -0.3 is 4.98 Å². The summed E-state index contributed by atoms with van der Waals surface area (Å²) < 4.78 is 28.6. The number of benzene rings is 1. The monoisotopic (exact) mass is 381 g/mol. The smallest absolute Gasteiger partial charge is 0.305 e. The van der Waals surface area contributed by atoms with E-state index >= 15 is 0 Å². The van der Waals surface area contributed by atoms with Crippen molar-refractivity contribution in [3.05, 3.63) is 67.9 Å². The summed E-state index contributed by atoms with van der Waals surface area (Å²) in [7, 11) is 0. The molecule has 23 heavy (non-hydrogen) atoms. The third-order valence-corrected chi connectivity index (χ3v) is 3.67. The van der Waals surface area contributed by atoms with E-state index in [1.54, 1.807) is 6.07 Å². The molecule has 3 rings (SSSR count). The zero-order valence-electron chi connectivity index (χ0n) is 11.1. The van der Waals surface area contributed by atoms with Gasteiger partial charge in [-0.25, -0.2) is 9.37 Å². The number of hydrogen-bond donors (Lipinski definition) is 1. The molecule has 6 nitrogen and oxygen atoms in total. The molecule has 0 aliphatic rings. The van der Waals surface area contributed by atoms with Crippen molar-refractivity contribution in [2.24, 2.45) is 0 Å². The van der Waals surface area contributed by atoms with Gasteiger partial charge in [-0.2, -0.15) is 4.39 Å². The van der Waals surface area contributed by atoms with E-state index in [-0.39, 0.29) is 5.56 Å². The first kappa shape index (κ1) is 15.2. The van der Waals surface area contributed by atoms with Crippen molar-refractivity contribution in [3.63, 3.8) is 0 Å². The molecular weight excluding hydrogens is 376 g/mol. The number of hydrogen-bond acceptors (Lipinski definition) is 4. The molecule has 116 valence electrons. The molecule has 0 radical (unpaired) electrons. The minimum absolute atomic E-state index is 0.0351. The summed E-state index contributed by atoms with van der Waals surface area (Å²) >= 11 is 3.19. The van der Waals surface area contributed by atoms with Gasteiger partial charge in [-0.05, 0) is 28.1 Å². The topological polar surface area (TPSA) is 88.9 Å². The second-order valence-corrected chi connectivity index (χ2v) is 5.51. The number of fused-ring (bicyclic) bond motifs is 1. The number of aromatic amines is 1. The minimum atomic E-state index is -1.50. The zero-order valence-corrected chi connectivity index (χ0v) is 12.7. The highest BCUT2D eigenvalue weighted by Crippen LogP contribution is 2.28. The van der Waals surface area contributed by atoms with Crippen LogP contribution in [0.5, 0.6) is 0 Å². The molecule has 0 fully saturated rings. The molecule has 0 spiro atoms. The summed E-state index contributed by atoms with van der Waals surface area (Å²) in [6, 6.07) is 2.92. The number of rotatable bonds is 3. The van der Waals surface area contributed by atoms with E-state index in [0.717, 1.165) is 0 Å². The first-order valence-corrected chi connectivity index (χ1v) is 6.99. The first-order valence-electron chi connectivity index (χ1n) is 6.20. The third-order valence-electron chi connectivity index (χ3n) is 3.24. The normalized spacial score (nSPS) is 10.9. The molecule has 0 atom stereocenters. The highest BCUT2D eigenvalue weighted by molar-refractivity contribution is 9.10. The van der Waals surface area contributed by atoms with Crippen LogP contribution in [0.3, 0.4) is 0 Å². The average molecular weight is 382 g/mol. The van der Waals surface area contributed by atoms with Gasteiger partial charge in [0.2, 0.25) is 11.6 Å². The standard InChI is InChI=1S/C14H6BrF2N3O3/c15-6-3-7-8(5-19-14(7)18-4-6)13(21)11-9(16)1-2-10(12(11)17)20(22)23/h1-5H,(H,18,19). The summed E-state index contributed by atoms with van der Waals surface area (Å²) in [5.41, 5.74) is -1.62. The van der Waals surface area contributed by atoms with E-state index in [0.29, 0.717) is 27.6 Å². The maximum absolute atomic E-state index is 14.2. The number of aromatic nitrogens is 2. The van der Waals surface area contributed by atoms with Crippen LogP contribution < -0.4 is 0 Å². The van der Waals surface area contributed by atoms with Gasteiger partial charge in [0.1, 0.15) is 17.0 Å². The number of nitrogens with one attached hydrogen (secondary N) is 1. The second kappa shape index (κ2) is 5.51. The summed E-state index contributed by atoms with van der Waals surface area (Å²) in [6.45, 7) is 0. The number of nitro groups is 1. The van der Waals surface area contributed by atoms with E-state index in [1.165, 1.54) is 12.4 Å². The highest BCUT2D eigenvalue weighted by Gasteiger charge is 2.28. The second-order valence-electron chi connectivity index (χ2n) is 4.59. The average Bonchev–Trinajstić information content (AvgIpc) is 2.89. The number of nitro benzene ring substituents is 1. The van der Waals surface area contributed by atoms with Gasteiger partial charge in [0.25, 0.3) is 0 Å². The van der Waals surface area contributed by atoms with Gasteiger partial charge in [0.05, 0.1) is 4.92 Å². The summed E-state index contributed by atoms with van der Waals surface area (Å²) in [4.78, 5) is 29.0. The lowest BCUT2D eigenvalue weighted by Crippen LogP contribution is -2.09.